The molecule has 3 N–H and O–H groups in total. The number of anilines is 2. The summed E-state index contributed by atoms with van der Waals surface area (Å²) in [6.07, 6.45) is 0. The maximum atomic E-state index is 12.7. The molecular weight excluding hydrogens is 472 g/mol. The predicted molar refractivity (Wildman–Crippen MR) is 114 cm³/mol. The quantitative estimate of drug-likeness (QED) is 0.427. The number of hydrazone groups is 2. The molecule has 0 aliphatic carbocycles. The highest BCUT2D eigenvalue weighted by Crippen LogP contribution is 2.29. The smallest absolute Gasteiger partial charge is 0.282 e. The monoisotopic (exact) mass is 486 g/mol. The molecule has 14 heteroatoms. The Bertz CT molecular complexity index is 1370. The summed E-state index contributed by atoms with van der Waals surface area (Å²) in [5.41, 5.74) is 2.62. The SMILES string of the molecule is CC1=NN(c2cccc(S(=O)(=O)O)c2)C(=O)/C1=N\Nc1cc(Cl)c(C)cc1S(=O)(=O)O. The van der Waals surface area contributed by atoms with Crippen LogP contribution in [0.2, 0.25) is 5.02 Å². The van der Waals surface area contributed by atoms with Crippen LogP contribution in [0.25, 0.3) is 0 Å². The van der Waals surface area contributed by atoms with E-state index < -0.39 is 35.9 Å². The third-order valence-electron chi connectivity index (χ3n) is 4.17. The first-order chi connectivity index (χ1) is 14.3. The van der Waals surface area contributed by atoms with Gasteiger partial charge in [-0.15, -0.1) is 0 Å². The third-order valence-corrected chi connectivity index (χ3v) is 6.33. The molecule has 0 saturated heterocycles. The third kappa shape index (κ3) is 4.75. The molecule has 0 atom stereocenters. The van der Waals surface area contributed by atoms with Crippen molar-refractivity contribution in [2.24, 2.45) is 10.2 Å². The molecule has 0 fully saturated rings. The van der Waals surface area contributed by atoms with Crippen LogP contribution in [-0.2, 0) is 25.0 Å². The summed E-state index contributed by atoms with van der Waals surface area (Å²) in [7, 11) is -9.11. The van der Waals surface area contributed by atoms with Gasteiger partial charge in [-0.3, -0.25) is 19.3 Å². The Morgan fingerprint density at radius 2 is 1.74 bits per heavy atom. The number of nitrogens with zero attached hydrogens (tertiary/aromatic N) is 3. The number of rotatable bonds is 5. The van der Waals surface area contributed by atoms with Gasteiger partial charge in [0.2, 0.25) is 0 Å². The molecule has 1 aliphatic rings. The van der Waals surface area contributed by atoms with Gasteiger partial charge >= 0.3 is 5.91 Å². The van der Waals surface area contributed by atoms with E-state index in [1.54, 1.807) is 6.92 Å². The topological polar surface area (TPSA) is 166 Å². The molecule has 1 heterocycles. The first kappa shape index (κ1) is 22.8. The lowest BCUT2D eigenvalue weighted by atomic mass is 10.2. The molecule has 31 heavy (non-hydrogen) atoms. The fourth-order valence-electron chi connectivity index (χ4n) is 2.65. The maximum absolute atomic E-state index is 12.7. The molecule has 1 amide bonds. The minimum atomic E-state index is -4.61. The Balaban J connectivity index is 1.96. The summed E-state index contributed by atoms with van der Waals surface area (Å²) in [5, 5.41) is 8.98. The van der Waals surface area contributed by atoms with Crippen molar-refractivity contribution in [1.82, 2.24) is 0 Å². The van der Waals surface area contributed by atoms with Gasteiger partial charge < -0.3 is 0 Å². The van der Waals surface area contributed by atoms with Gasteiger partial charge in [-0.25, -0.2) is 0 Å². The molecule has 0 saturated carbocycles. The van der Waals surface area contributed by atoms with Crippen molar-refractivity contribution in [1.29, 1.82) is 0 Å². The van der Waals surface area contributed by atoms with Crippen LogP contribution in [0.4, 0.5) is 11.4 Å². The van der Waals surface area contributed by atoms with Crippen LogP contribution >= 0.6 is 11.6 Å². The summed E-state index contributed by atoms with van der Waals surface area (Å²) < 4.78 is 64.6. The summed E-state index contributed by atoms with van der Waals surface area (Å²) in [5.74, 6) is -0.746. The van der Waals surface area contributed by atoms with Crippen molar-refractivity contribution in [3.63, 3.8) is 0 Å². The lowest BCUT2D eigenvalue weighted by Gasteiger charge is -2.12. The molecule has 164 valence electrons. The number of hydrogen-bond acceptors (Lipinski definition) is 8. The number of carbonyl (C=O) groups is 1. The van der Waals surface area contributed by atoms with Crippen molar-refractivity contribution >= 4 is 60.5 Å². The fraction of sp³-hybridized carbons (Fsp3) is 0.118. The van der Waals surface area contributed by atoms with Crippen molar-refractivity contribution < 1.29 is 30.7 Å². The zero-order valence-corrected chi connectivity index (χ0v) is 18.3. The first-order valence-corrected chi connectivity index (χ1v) is 11.6. The molecule has 2 aromatic carbocycles. The Kier molecular flexibility index (Phi) is 5.90. The Morgan fingerprint density at radius 3 is 2.35 bits per heavy atom. The van der Waals surface area contributed by atoms with Crippen LogP contribution in [0.5, 0.6) is 0 Å². The summed E-state index contributed by atoms with van der Waals surface area (Å²) in [6, 6.07) is 7.28. The van der Waals surface area contributed by atoms with Crippen LogP contribution in [-0.4, -0.2) is 43.3 Å². The Labute approximate surface area is 182 Å². The average Bonchev–Trinajstić information content (AvgIpc) is 2.95. The normalized spacial score (nSPS) is 16.0. The van der Waals surface area contributed by atoms with E-state index in [9.17, 15) is 30.7 Å². The van der Waals surface area contributed by atoms with Crippen molar-refractivity contribution in [2.75, 3.05) is 10.4 Å². The summed E-state index contributed by atoms with van der Waals surface area (Å²) in [6.45, 7) is 3.00. The number of amides is 1. The number of benzene rings is 2. The molecule has 2 aromatic rings. The molecule has 0 spiro atoms. The average molecular weight is 487 g/mol. The van der Waals surface area contributed by atoms with Crippen LogP contribution in [0, 0.1) is 6.92 Å². The summed E-state index contributed by atoms with van der Waals surface area (Å²) in [4.78, 5) is 11.8. The van der Waals surface area contributed by atoms with Gasteiger partial charge in [-0.1, -0.05) is 17.7 Å². The van der Waals surface area contributed by atoms with E-state index in [0.29, 0.717) is 5.56 Å². The molecule has 0 radical (unpaired) electrons. The Morgan fingerprint density at radius 1 is 1.06 bits per heavy atom. The Hall–Kier alpha value is -2.84. The van der Waals surface area contributed by atoms with Gasteiger partial charge in [0, 0.05) is 5.02 Å². The maximum Gasteiger partial charge on any atom is 0.301 e. The molecule has 1 aliphatic heterocycles. The van der Waals surface area contributed by atoms with Crippen LogP contribution < -0.4 is 10.4 Å². The highest BCUT2D eigenvalue weighted by molar-refractivity contribution is 7.86. The van der Waals surface area contributed by atoms with E-state index >= 15 is 0 Å². The second-order valence-corrected chi connectivity index (χ2v) is 9.64. The van der Waals surface area contributed by atoms with E-state index in [-0.39, 0.29) is 27.8 Å². The van der Waals surface area contributed by atoms with Gasteiger partial charge in [0.25, 0.3) is 20.2 Å². The van der Waals surface area contributed by atoms with Gasteiger partial charge in [0.1, 0.15) is 4.90 Å². The highest BCUT2D eigenvalue weighted by Gasteiger charge is 2.31. The molecule has 11 nitrogen and oxygen atoms in total. The van der Waals surface area contributed by atoms with Gasteiger partial charge in [-0.2, -0.15) is 32.0 Å². The number of aryl methyl sites for hydroxylation is 1. The number of carbonyl (C=O) groups excluding carboxylic acids is 1. The lowest BCUT2D eigenvalue weighted by Crippen LogP contribution is -2.28. The first-order valence-electron chi connectivity index (χ1n) is 8.38. The van der Waals surface area contributed by atoms with E-state index in [1.165, 1.54) is 25.1 Å². The van der Waals surface area contributed by atoms with Crippen molar-refractivity contribution in [3.05, 3.63) is 47.0 Å². The van der Waals surface area contributed by atoms with Crippen LogP contribution in [0.3, 0.4) is 0 Å². The molecular formula is C17H15ClN4O7S2. The minimum Gasteiger partial charge on any atom is -0.282 e. The van der Waals surface area contributed by atoms with Crippen LogP contribution in [0.1, 0.15) is 12.5 Å². The predicted octanol–water partition coefficient (Wildman–Crippen LogP) is 2.33. The van der Waals surface area contributed by atoms with E-state index in [0.717, 1.165) is 23.2 Å². The summed E-state index contributed by atoms with van der Waals surface area (Å²) >= 11 is 6.01. The zero-order chi connectivity index (χ0) is 23.1. The largest absolute Gasteiger partial charge is 0.301 e. The number of nitrogens with one attached hydrogen (secondary N) is 1. The van der Waals surface area contributed by atoms with E-state index in [4.69, 9.17) is 11.6 Å². The number of halogens is 1. The van der Waals surface area contributed by atoms with Gasteiger partial charge in [0.15, 0.2) is 5.71 Å². The number of hydrogen-bond donors (Lipinski definition) is 3. The zero-order valence-electron chi connectivity index (χ0n) is 15.9. The van der Waals surface area contributed by atoms with Crippen LogP contribution in [0.15, 0.2) is 56.4 Å². The second kappa shape index (κ2) is 8.01. The van der Waals surface area contributed by atoms with E-state index in [2.05, 4.69) is 15.6 Å². The second-order valence-electron chi connectivity index (χ2n) is 6.42. The van der Waals surface area contributed by atoms with Crippen molar-refractivity contribution in [3.8, 4) is 0 Å². The van der Waals surface area contributed by atoms with E-state index in [1.807, 2.05) is 0 Å². The van der Waals surface area contributed by atoms with Gasteiger partial charge in [0.05, 0.1) is 22.0 Å². The minimum absolute atomic E-state index is 0.0571. The standard InChI is InChI=1S/C17H15ClN4O7S2/c1-9-6-15(31(27,28)29)14(8-13(9)18)19-20-16-10(2)21-22(17(16)23)11-4-3-5-12(7-11)30(24,25)26/h3-8,19H,1-2H3,(H,24,25,26)(H,27,28,29)/b20-16-. The molecule has 0 unspecified atom stereocenters. The lowest BCUT2D eigenvalue weighted by molar-refractivity contribution is -0.112. The molecule has 0 bridgehead atoms. The van der Waals surface area contributed by atoms with Gasteiger partial charge in [-0.05, 0) is 49.7 Å². The molecule has 0 aromatic heterocycles. The fourth-order valence-corrected chi connectivity index (χ4v) is 4.04. The van der Waals surface area contributed by atoms with Crippen molar-refractivity contribution in [2.45, 2.75) is 23.6 Å². The highest BCUT2D eigenvalue weighted by atomic mass is 35.5. The molecule has 3 rings (SSSR count).